The molecular weight excluding hydrogens is 575 g/mol. The number of amides is 1. The van der Waals surface area contributed by atoms with Crippen LogP contribution in [-0.4, -0.2) is 76.7 Å². The van der Waals surface area contributed by atoms with Crippen molar-refractivity contribution in [2.75, 3.05) is 31.5 Å². The molecule has 42 heavy (non-hydrogen) atoms. The molecule has 0 spiro atoms. The minimum Gasteiger partial charge on any atom is -0.444 e. The largest absolute Gasteiger partial charge is 0.444 e. The van der Waals surface area contributed by atoms with Gasteiger partial charge in [0.05, 0.1) is 17.2 Å². The first-order valence-electron chi connectivity index (χ1n) is 14.3. The normalized spacial score (nSPS) is 19.6. The van der Waals surface area contributed by atoms with Gasteiger partial charge in [0.25, 0.3) is 0 Å². The molecule has 1 aromatic carbocycles. The molecule has 3 aromatic heterocycles. The standard InChI is InChI=1S/C30H36Cl2N8O2/c1-19(38-9-11-39(12-10-38)28(41)42-29(2,3)4)20-7-8-33-26(14-20)37-27-35-24-6-5-21(13-25(24)36-27)22-16-34-40(17-22)18-23-15-30(23,31)32/h5-8,13-14,16-17,19,23H,9-12,15,18H2,1-4H3,(H2,33,35,36,37). The predicted molar refractivity (Wildman–Crippen MR) is 165 cm³/mol. The fraction of sp³-hybridized carbons (Fsp3) is 0.467. The molecular formula is C30H36Cl2N8O2. The van der Waals surface area contributed by atoms with Gasteiger partial charge in [-0.25, -0.2) is 14.8 Å². The lowest BCUT2D eigenvalue weighted by Crippen LogP contribution is -2.50. The second-order valence-corrected chi connectivity index (χ2v) is 13.8. The average molecular weight is 612 g/mol. The van der Waals surface area contributed by atoms with E-state index in [4.69, 9.17) is 32.9 Å². The number of ether oxygens (including phenoxy) is 1. The number of hydrogen-bond donors (Lipinski definition) is 2. The summed E-state index contributed by atoms with van der Waals surface area (Å²) in [6.45, 7) is 11.4. The molecule has 1 aliphatic heterocycles. The number of hydrogen-bond acceptors (Lipinski definition) is 7. The average Bonchev–Trinajstić information content (AvgIpc) is 3.27. The van der Waals surface area contributed by atoms with Crippen molar-refractivity contribution in [1.29, 1.82) is 0 Å². The van der Waals surface area contributed by atoms with E-state index in [9.17, 15) is 4.79 Å². The Bertz CT molecular complexity index is 1590. The number of fused-ring (bicyclic) bond motifs is 1. The predicted octanol–water partition coefficient (Wildman–Crippen LogP) is 6.37. The SMILES string of the molecule is CC(c1ccnc(Nc2nc3ccc(-c4cnn(CC5CC5(Cl)Cl)c4)cc3[nH]2)c1)N1CCN(C(=O)OC(C)(C)C)CC1. The van der Waals surface area contributed by atoms with Gasteiger partial charge in [0.2, 0.25) is 5.95 Å². The maximum atomic E-state index is 12.4. The molecule has 1 amide bonds. The summed E-state index contributed by atoms with van der Waals surface area (Å²) in [5, 5.41) is 7.81. The first-order valence-corrected chi connectivity index (χ1v) is 15.0. The Morgan fingerprint density at radius 3 is 2.64 bits per heavy atom. The highest BCUT2D eigenvalue weighted by molar-refractivity contribution is 6.50. The van der Waals surface area contributed by atoms with Gasteiger partial charge in [-0.1, -0.05) is 6.07 Å². The first kappa shape index (κ1) is 28.8. The number of H-pyrrole nitrogens is 1. The number of alkyl halides is 2. The van der Waals surface area contributed by atoms with Crippen LogP contribution in [-0.2, 0) is 11.3 Å². The monoisotopic (exact) mass is 610 g/mol. The molecule has 2 atom stereocenters. The number of aromatic nitrogens is 5. The Morgan fingerprint density at radius 1 is 1.17 bits per heavy atom. The van der Waals surface area contributed by atoms with Crippen LogP contribution in [0.5, 0.6) is 0 Å². The molecule has 2 unspecified atom stereocenters. The van der Waals surface area contributed by atoms with Crippen molar-refractivity contribution >= 4 is 52.1 Å². The minimum atomic E-state index is -0.616. The summed E-state index contributed by atoms with van der Waals surface area (Å²) in [4.78, 5) is 29.2. The van der Waals surface area contributed by atoms with Crippen LogP contribution in [0.15, 0.2) is 48.9 Å². The van der Waals surface area contributed by atoms with Gasteiger partial charge in [-0.3, -0.25) is 9.58 Å². The number of carbonyl (C=O) groups excluding carboxylic acids is 1. The Labute approximate surface area is 255 Å². The van der Waals surface area contributed by atoms with Gasteiger partial charge in [-0.05, 0) is 69.5 Å². The zero-order valence-corrected chi connectivity index (χ0v) is 25.8. The van der Waals surface area contributed by atoms with Gasteiger partial charge in [0.15, 0.2) is 0 Å². The lowest BCUT2D eigenvalue weighted by Gasteiger charge is -2.38. The van der Waals surface area contributed by atoms with E-state index in [1.165, 1.54) is 0 Å². The highest BCUT2D eigenvalue weighted by Crippen LogP contribution is 2.53. The van der Waals surface area contributed by atoms with Gasteiger partial charge in [0.1, 0.15) is 15.8 Å². The van der Waals surface area contributed by atoms with Gasteiger partial charge >= 0.3 is 6.09 Å². The summed E-state index contributed by atoms with van der Waals surface area (Å²) in [6.07, 6.45) is 6.24. The summed E-state index contributed by atoms with van der Waals surface area (Å²) in [5.41, 5.74) is 4.48. The van der Waals surface area contributed by atoms with Crippen molar-refractivity contribution in [3.8, 4) is 11.1 Å². The number of halogens is 2. The van der Waals surface area contributed by atoms with Crippen LogP contribution in [0.25, 0.3) is 22.2 Å². The smallest absolute Gasteiger partial charge is 0.410 e. The summed E-state index contributed by atoms with van der Waals surface area (Å²) in [6, 6.07) is 10.4. The van der Waals surface area contributed by atoms with Crippen LogP contribution >= 0.6 is 23.2 Å². The van der Waals surface area contributed by atoms with Crippen LogP contribution in [0.4, 0.5) is 16.6 Å². The number of aromatic amines is 1. The molecule has 12 heteroatoms. The van der Waals surface area contributed by atoms with Crippen LogP contribution < -0.4 is 5.32 Å². The van der Waals surface area contributed by atoms with Crippen LogP contribution in [0.2, 0.25) is 0 Å². The summed E-state index contributed by atoms with van der Waals surface area (Å²) >= 11 is 12.4. The van der Waals surface area contributed by atoms with E-state index in [2.05, 4.69) is 38.3 Å². The highest BCUT2D eigenvalue weighted by atomic mass is 35.5. The zero-order chi connectivity index (χ0) is 29.6. The number of nitrogens with one attached hydrogen (secondary N) is 2. The third kappa shape index (κ3) is 6.50. The van der Waals surface area contributed by atoms with E-state index in [0.29, 0.717) is 31.4 Å². The van der Waals surface area contributed by atoms with E-state index in [1.807, 2.05) is 68.3 Å². The number of anilines is 2. The Balaban J connectivity index is 1.09. The molecule has 4 aromatic rings. The maximum absolute atomic E-state index is 12.4. The number of nitrogens with zero attached hydrogens (tertiary/aromatic N) is 6. The Kier molecular flexibility index (Phi) is 7.57. The van der Waals surface area contributed by atoms with Crippen LogP contribution in [0, 0.1) is 5.92 Å². The summed E-state index contributed by atoms with van der Waals surface area (Å²) in [7, 11) is 0. The number of benzene rings is 1. The van der Waals surface area contributed by atoms with E-state index in [0.717, 1.165) is 47.2 Å². The molecule has 1 saturated carbocycles. The number of pyridine rings is 1. The molecule has 1 aliphatic carbocycles. The first-order chi connectivity index (χ1) is 19.9. The fourth-order valence-corrected chi connectivity index (χ4v) is 5.79. The molecule has 6 rings (SSSR count). The van der Waals surface area contributed by atoms with E-state index in [-0.39, 0.29) is 18.1 Å². The third-order valence-electron chi connectivity index (χ3n) is 7.84. The van der Waals surface area contributed by atoms with Crippen molar-refractivity contribution in [3.05, 3.63) is 54.5 Å². The van der Waals surface area contributed by atoms with Gasteiger partial charge in [-0.2, -0.15) is 5.10 Å². The topological polar surface area (TPSA) is 104 Å². The van der Waals surface area contributed by atoms with Crippen LogP contribution in [0.1, 0.15) is 45.7 Å². The lowest BCUT2D eigenvalue weighted by molar-refractivity contribution is 0.0110. The van der Waals surface area contributed by atoms with E-state index < -0.39 is 9.93 Å². The van der Waals surface area contributed by atoms with Crippen molar-refractivity contribution in [2.24, 2.45) is 5.92 Å². The van der Waals surface area contributed by atoms with Crippen molar-refractivity contribution in [3.63, 3.8) is 0 Å². The fourth-order valence-electron chi connectivity index (χ4n) is 5.28. The zero-order valence-electron chi connectivity index (χ0n) is 24.3. The molecule has 2 aliphatic rings. The Hall–Kier alpha value is -3.34. The molecule has 0 bridgehead atoms. The van der Waals surface area contributed by atoms with Gasteiger partial charge < -0.3 is 19.9 Å². The Morgan fingerprint density at radius 2 is 1.93 bits per heavy atom. The quantitative estimate of drug-likeness (QED) is 0.234. The molecule has 10 nitrogen and oxygen atoms in total. The molecule has 222 valence electrons. The van der Waals surface area contributed by atoms with Gasteiger partial charge in [-0.15, -0.1) is 23.2 Å². The third-order valence-corrected chi connectivity index (χ3v) is 8.76. The van der Waals surface area contributed by atoms with E-state index >= 15 is 0 Å². The summed E-state index contributed by atoms with van der Waals surface area (Å²) in [5.74, 6) is 1.57. The molecule has 0 radical (unpaired) electrons. The van der Waals surface area contributed by atoms with Crippen molar-refractivity contribution in [1.82, 2.24) is 34.5 Å². The molecule has 2 fully saturated rings. The second kappa shape index (κ2) is 11.1. The number of imidazole rings is 1. The lowest BCUT2D eigenvalue weighted by atomic mass is 10.1. The highest BCUT2D eigenvalue weighted by Gasteiger charge is 2.51. The maximum Gasteiger partial charge on any atom is 0.410 e. The van der Waals surface area contributed by atoms with E-state index in [1.54, 1.807) is 4.90 Å². The second-order valence-electron chi connectivity index (χ2n) is 12.2. The number of carbonyl (C=O) groups is 1. The number of rotatable bonds is 7. The van der Waals surface area contributed by atoms with Gasteiger partial charge in [0, 0.05) is 62.6 Å². The van der Waals surface area contributed by atoms with Crippen molar-refractivity contribution in [2.45, 2.75) is 56.6 Å². The number of piperazine rings is 1. The molecule has 2 N–H and O–H groups in total. The molecule has 4 heterocycles. The van der Waals surface area contributed by atoms with Crippen molar-refractivity contribution < 1.29 is 9.53 Å². The minimum absolute atomic E-state index is 0.165. The molecule has 1 saturated heterocycles. The van der Waals surface area contributed by atoms with Crippen LogP contribution in [0.3, 0.4) is 0 Å². The summed E-state index contributed by atoms with van der Waals surface area (Å²) < 4.78 is 6.82.